The van der Waals surface area contributed by atoms with Gasteiger partial charge in [-0.25, -0.2) is 0 Å². The molecule has 1 amide bonds. The molecule has 4 heteroatoms. The number of likely N-dealkylation sites (N-methyl/N-ethyl adjacent to an activating group) is 1. The number of hydrogen-bond acceptors (Lipinski definition) is 3. The van der Waals surface area contributed by atoms with Gasteiger partial charge in [-0.05, 0) is 19.9 Å². The number of rotatable bonds is 5. The molecule has 1 rings (SSSR count). The molecule has 1 fully saturated rings. The van der Waals surface area contributed by atoms with Crippen molar-refractivity contribution in [3.8, 4) is 0 Å². The largest absolute Gasteiger partial charge is 0.378 e. The van der Waals surface area contributed by atoms with Crippen molar-refractivity contribution in [2.45, 2.75) is 26.4 Å². The highest BCUT2D eigenvalue weighted by atomic mass is 16.5. The van der Waals surface area contributed by atoms with Gasteiger partial charge in [0.25, 0.3) is 0 Å². The number of carbonyl (C=O) groups is 1. The quantitative estimate of drug-likeness (QED) is 0.621. The number of nitrogens with one attached hydrogen (secondary N) is 2. The fourth-order valence-corrected chi connectivity index (χ4v) is 1.60. The Hall–Kier alpha value is -0.610. The zero-order valence-electron chi connectivity index (χ0n) is 9.01. The Morgan fingerprint density at radius 3 is 2.86 bits per heavy atom. The lowest BCUT2D eigenvalue weighted by atomic mass is 10.1. The van der Waals surface area contributed by atoms with Gasteiger partial charge in [-0.2, -0.15) is 0 Å². The first-order valence-electron chi connectivity index (χ1n) is 5.34. The van der Waals surface area contributed by atoms with Crippen molar-refractivity contribution >= 4 is 5.91 Å². The van der Waals surface area contributed by atoms with E-state index in [1.54, 1.807) is 0 Å². The van der Waals surface area contributed by atoms with E-state index in [9.17, 15) is 4.79 Å². The average Bonchev–Trinajstić information content (AvgIpc) is 2.59. The summed E-state index contributed by atoms with van der Waals surface area (Å²) in [5.74, 6) is 0.193. The predicted octanol–water partition coefficient (Wildman–Crippen LogP) is 0.137. The molecule has 0 spiro atoms. The molecule has 2 N–H and O–H groups in total. The maximum Gasteiger partial charge on any atom is 0.225 e. The SMILES string of the molecule is CCNCCNC(=O)C1COC(C)C1. The van der Waals surface area contributed by atoms with E-state index in [4.69, 9.17) is 4.74 Å². The number of carbonyl (C=O) groups excluding carboxylic acids is 1. The molecule has 1 aliphatic heterocycles. The third kappa shape index (κ3) is 3.64. The zero-order valence-corrected chi connectivity index (χ0v) is 9.01. The van der Waals surface area contributed by atoms with E-state index in [2.05, 4.69) is 10.6 Å². The maximum atomic E-state index is 11.5. The first-order chi connectivity index (χ1) is 6.74. The number of hydrogen-bond donors (Lipinski definition) is 2. The van der Waals surface area contributed by atoms with Crippen LogP contribution in [0.2, 0.25) is 0 Å². The third-order valence-electron chi connectivity index (χ3n) is 2.42. The van der Waals surface area contributed by atoms with E-state index in [0.29, 0.717) is 13.2 Å². The normalized spacial score (nSPS) is 26.4. The number of amides is 1. The van der Waals surface area contributed by atoms with Crippen LogP contribution in [0.1, 0.15) is 20.3 Å². The minimum absolute atomic E-state index is 0.0617. The van der Waals surface area contributed by atoms with Crippen LogP contribution in [-0.4, -0.2) is 38.3 Å². The lowest BCUT2D eigenvalue weighted by Gasteiger charge is -2.09. The molecule has 0 radical (unpaired) electrons. The second-order valence-corrected chi connectivity index (χ2v) is 3.72. The summed E-state index contributed by atoms with van der Waals surface area (Å²) in [5.41, 5.74) is 0. The lowest BCUT2D eigenvalue weighted by molar-refractivity contribution is -0.124. The molecular formula is C10H20N2O2. The minimum atomic E-state index is 0.0617. The van der Waals surface area contributed by atoms with Crippen LogP contribution in [0.15, 0.2) is 0 Å². The van der Waals surface area contributed by atoms with Crippen molar-refractivity contribution in [3.05, 3.63) is 0 Å². The van der Waals surface area contributed by atoms with E-state index in [1.165, 1.54) is 0 Å². The van der Waals surface area contributed by atoms with Crippen molar-refractivity contribution in [1.29, 1.82) is 0 Å². The molecule has 2 atom stereocenters. The van der Waals surface area contributed by atoms with Gasteiger partial charge in [-0.1, -0.05) is 6.92 Å². The highest BCUT2D eigenvalue weighted by molar-refractivity contribution is 5.79. The Bertz CT molecular complexity index is 185. The van der Waals surface area contributed by atoms with Gasteiger partial charge in [-0.15, -0.1) is 0 Å². The Kier molecular flexibility index (Phi) is 4.90. The fourth-order valence-electron chi connectivity index (χ4n) is 1.60. The highest BCUT2D eigenvalue weighted by Gasteiger charge is 2.27. The Morgan fingerprint density at radius 1 is 1.50 bits per heavy atom. The van der Waals surface area contributed by atoms with Crippen LogP contribution < -0.4 is 10.6 Å². The molecule has 82 valence electrons. The second-order valence-electron chi connectivity index (χ2n) is 3.72. The molecule has 1 saturated heterocycles. The van der Waals surface area contributed by atoms with Gasteiger partial charge >= 0.3 is 0 Å². The number of ether oxygens (including phenoxy) is 1. The van der Waals surface area contributed by atoms with Crippen LogP contribution in [0, 0.1) is 5.92 Å². The molecule has 2 unspecified atom stereocenters. The summed E-state index contributed by atoms with van der Waals surface area (Å²) in [5, 5.41) is 6.06. The maximum absolute atomic E-state index is 11.5. The van der Waals surface area contributed by atoms with Gasteiger partial charge in [0, 0.05) is 13.1 Å². The van der Waals surface area contributed by atoms with Crippen molar-refractivity contribution in [2.75, 3.05) is 26.2 Å². The summed E-state index contributed by atoms with van der Waals surface area (Å²) in [6.07, 6.45) is 1.09. The van der Waals surface area contributed by atoms with Gasteiger partial charge in [0.15, 0.2) is 0 Å². The molecule has 0 aliphatic carbocycles. The first-order valence-corrected chi connectivity index (χ1v) is 5.34. The molecule has 1 aliphatic rings. The van der Waals surface area contributed by atoms with Crippen LogP contribution in [0.4, 0.5) is 0 Å². The molecule has 0 aromatic rings. The van der Waals surface area contributed by atoms with Gasteiger partial charge < -0.3 is 15.4 Å². The molecular weight excluding hydrogens is 180 g/mol. The average molecular weight is 200 g/mol. The molecule has 0 aromatic carbocycles. The van der Waals surface area contributed by atoms with Gasteiger partial charge in [0.2, 0.25) is 5.91 Å². The van der Waals surface area contributed by atoms with E-state index in [1.807, 2.05) is 13.8 Å². The van der Waals surface area contributed by atoms with Gasteiger partial charge in [-0.3, -0.25) is 4.79 Å². The Balaban J connectivity index is 2.09. The summed E-state index contributed by atoms with van der Waals surface area (Å²) in [6.45, 7) is 7.12. The molecule has 0 aromatic heterocycles. The van der Waals surface area contributed by atoms with Crippen molar-refractivity contribution in [3.63, 3.8) is 0 Å². The summed E-state index contributed by atoms with van der Waals surface area (Å²) in [6, 6.07) is 0. The van der Waals surface area contributed by atoms with Crippen molar-refractivity contribution in [2.24, 2.45) is 5.92 Å². The van der Waals surface area contributed by atoms with Crippen LogP contribution in [0.5, 0.6) is 0 Å². The highest BCUT2D eigenvalue weighted by Crippen LogP contribution is 2.18. The standard InChI is InChI=1S/C10H20N2O2/c1-3-11-4-5-12-10(13)9-6-8(2)14-7-9/h8-9,11H,3-7H2,1-2H3,(H,12,13). The predicted molar refractivity (Wildman–Crippen MR) is 55.1 cm³/mol. The molecule has 1 heterocycles. The van der Waals surface area contributed by atoms with Gasteiger partial charge in [0.1, 0.15) is 0 Å². The summed E-state index contributed by atoms with van der Waals surface area (Å²) in [4.78, 5) is 11.5. The van der Waals surface area contributed by atoms with Gasteiger partial charge in [0.05, 0.1) is 18.6 Å². The fraction of sp³-hybridized carbons (Fsp3) is 0.900. The molecule has 14 heavy (non-hydrogen) atoms. The van der Waals surface area contributed by atoms with Crippen LogP contribution in [0.3, 0.4) is 0 Å². The smallest absolute Gasteiger partial charge is 0.225 e. The topological polar surface area (TPSA) is 50.4 Å². The first kappa shape index (κ1) is 11.5. The van der Waals surface area contributed by atoms with Crippen LogP contribution in [0.25, 0.3) is 0 Å². The van der Waals surface area contributed by atoms with Crippen molar-refractivity contribution in [1.82, 2.24) is 10.6 Å². The van der Waals surface area contributed by atoms with E-state index in [0.717, 1.165) is 19.5 Å². The van der Waals surface area contributed by atoms with Crippen molar-refractivity contribution < 1.29 is 9.53 Å². The third-order valence-corrected chi connectivity index (χ3v) is 2.42. The summed E-state index contributed by atoms with van der Waals surface area (Å²) >= 11 is 0. The zero-order chi connectivity index (χ0) is 10.4. The lowest BCUT2D eigenvalue weighted by Crippen LogP contribution is -2.36. The molecule has 0 bridgehead atoms. The van der Waals surface area contributed by atoms with E-state index >= 15 is 0 Å². The van der Waals surface area contributed by atoms with E-state index < -0.39 is 0 Å². The van der Waals surface area contributed by atoms with E-state index in [-0.39, 0.29) is 17.9 Å². The summed E-state index contributed by atoms with van der Waals surface area (Å²) < 4.78 is 5.34. The molecule has 0 saturated carbocycles. The second kappa shape index (κ2) is 5.98. The van der Waals surface area contributed by atoms with Crippen LogP contribution >= 0.6 is 0 Å². The Labute approximate surface area is 85.4 Å². The summed E-state index contributed by atoms with van der Waals surface area (Å²) in [7, 11) is 0. The minimum Gasteiger partial charge on any atom is -0.378 e. The van der Waals surface area contributed by atoms with Crippen LogP contribution in [-0.2, 0) is 9.53 Å². The Morgan fingerprint density at radius 2 is 2.29 bits per heavy atom. The monoisotopic (exact) mass is 200 g/mol. The molecule has 4 nitrogen and oxygen atoms in total.